The Labute approximate surface area is 114 Å². The van der Waals surface area contributed by atoms with E-state index in [2.05, 4.69) is 17.7 Å². The third-order valence-electron chi connectivity index (χ3n) is 2.81. The van der Waals surface area contributed by atoms with Crippen LogP contribution >= 0.6 is 0 Å². The van der Waals surface area contributed by atoms with Crippen LogP contribution in [0.5, 0.6) is 0 Å². The number of anilines is 1. The standard InChI is InChI=1S/C14H23N3O2/c1-3-4-8-19-9-7-16-14(18)13-6-5-12(17-15)10-11(13)2/h5-6,10,17H,3-4,7-9,15H2,1-2H3,(H,16,18). The number of carbonyl (C=O) groups is 1. The molecule has 5 nitrogen and oxygen atoms in total. The molecular formula is C14H23N3O2. The van der Waals surface area contributed by atoms with Crippen molar-refractivity contribution in [1.82, 2.24) is 5.32 Å². The van der Waals surface area contributed by atoms with Gasteiger partial charge < -0.3 is 15.5 Å². The van der Waals surface area contributed by atoms with Crippen LogP contribution in [0.4, 0.5) is 5.69 Å². The molecule has 0 aliphatic rings. The van der Waals surface area contributed by atoms with Crippen molar-refractivity contribution in [2.45, 2.75) is 26.7 Å². The molecule has 1 rings (SSSR count). The molecular weight excluding hydrogens is 242 g/mol. The van der Waals surface area contributed by atoms with E-state index in [1.165, 1.54) is 0 Å². The molecule has 0 aliphatic heterocycles. The second-order valence-electron chi connectivity index (χ2n) is 4.40. The van der Waals surface area contributed by atoms with E-state index in [1.54, 1.807) is 12.1 Å². The highest BCUT2D eigenvalue weighted by atomic mass is 16.5. The van der Waals surface area contributed by atoms with Gasteiger partial charge in [-0.15, -0.1) is 0 Å². The van der Waals surface area contributed by atoms with Crippen LogP contribution in [0.1, 0.15) is 35.7 Å². The van der Waals surface area contributed by atoms with Crippen molar-refractivity contribution in [2.24, 2.45) is 5.84 Å². The maximum atomic E-state index is 11.9. The number of benzene rings is 1. The van der Waals surface area contributed by atoms with E-state index in [0.29, 0.717) is 18.7 Å². The molecule has 4 N–H and O–H groups in total. The largest absolute Gasteiger partial charge is 0.380 e. The van der Waals surface area contributed by atoms with Crippen molar-refractivity contribution in [3.05, 3.63) is 29.3 Å². The van der Waals surface area contributed by atoms with E-state index >= 15 is 0 Å². The topological polar surface area (TPSA) is 76.4 Å². The van der Waals surface area contributed by atoms with Gasteiger partial charge in [0.25, 0.3) is 5.91 Å². The number of hydrazine groups is 1. The first kappa shape index (κ1) is 15.5. The van der Waals surface area contributed by atoms with Crippen LogP contribution in [-0.4, -0.2) is 25.7 Å². The first-order valence-electron chi connectivity index (χ1n) is 6.62. The molecule has 0 heterocycles. The van der Waals surface area contributed by atoms with Gasteiger partial charge in [0.2, 0.25) is 0 Å². The highest BCUT2D eigenvalue weighted by molar-refractivity contribution is 5.96. The van der Waals surface area contributed by atoms with Crippen molar-refractivity contribution in [3.63, 3.8) is 0 Å². The van der Waals surface area contributed by atoms with Crippen molar-refractivity contribution in [2.75, 3.05) is 25.2 Å². The second kappa shape index (κ2) is 8.50. The summed E-state index contributed by atoms with van der Waals surface area (Å²) in [5, 5.41) is 2.84. The van der Waals surface area contributed by atoms with Gasteiger partial charge in [-0.2, -0.15) is 0 Å². The average molecular weight is 265 g/mol. The minimum Gasteiger partial charge on any atom is -0.380 e. The molecule has 19 heavy (non-hydrogen) atoms. The Morgan fingerprint density at radius 3 is 2.79 bits per heavy atom. The Bertz CT molecular complexity index is 408. The first-order valence-corrected chi connectivity index (χ1v) is 6.62. The highest BCUT2D eigenvalue weighted by Gasteiger charge is 2.08. The number of nitrogen functional groups attached to an aromatic ring is 1. The van der Waals surface area contributed by atoms with Crippen LogP contribution in [0.15, 0.2) is 18.2 Å². The molecule has 0 saturated carbocycles. The number of nitrogens with one attached hydrogen (secondary N) is 2. The molecule has 0 unspecified atom stereocenters. The Morgan fingerprint density at radius 2 is 2.16 bits per heavy atom. The fraction of sp³-hybridized carbons (Fsp3) is 0.500. The quantitative estimate of drug-likeness (QED) is 0.381. The molecule has 1 amide bonds. The Morgan fingerprint density at radius 1 is 1.37 bits per heavy atom. The molecule has 0 atom stereocenters. The van der Waals surface area contributed by atoms with Crippen LogP contribution in [0.25, 0.3) is 0 Å². The van der Waals surface area contributed by atoms with E-state index in [1.807, 2.05) is 13.0 Å². The lowest BCUT2D eigenvalue weighted by Gasteiger charge is -2.09. The molecule has 0 spiro atoms. The number of rotatable bonds is 8. The Balaban J connectivity index is 2.37. The molecule has 1 aromatic carbocycles. The summed E-state index contributed by atoms with van der Waals surface area (Å²) in [4.78, 5) is 11.9. The summed E-state index contributed by atoms with van der Waals surface area (Å²) in [6, 6.07) is 5.38. The number of unbranched alkanes of at least 4 members (excludes halogenated alkanes) is 1. The zero-order chi connectivity index (χ0) is 14.1. The van der Waals surface area contributed by atoms with E-state index in [4.69, 9.17) is 10.6 Å². The van der Waals surface area contributed by atoms with Crippen molar-refractivity contribution < 1.29 is 9.53 Å². The van der Waals surface area contributed by atoms with Gasteiger partial charge in [-0.05, 0) is 37.1 Å². The SMILES string of the molecule is CCCCOCCNC(=O)c1ccc(NN)cc1C. The number of hydrogen-bond donors (Lipinski definition) is 3. The maximum Gasteiger partial charge on any atom is 0.251 e. The van der Waals surface area contributed by atoms with E-state index in [0.717, 1.165) is 30.7 Å². The van der Waals surface area contributed by atoms with Gasteiger partial charge in [-0.25, -0.2) is 0 Å². The maximum absolute atomic E-state index is 11.9. The van der Waals surface area contributed by atoms with Crippen molar-refractivity contribution in [3.8, 4) is 0 Å². The summed E-state index contributed by atoms with van der Waals surface area (Å²) >= 11 is 0. The van der Waals surface area contributed by atoms with Gasteiger partial charge >= 0.3 is 0 Å². The molecule has 0 radical (unpaired) electrons. The Hall–Kier alpha value is -1.59. The van der Waals surface area contributed by atoms with Gasteiger partial charge in [-0.3, -0.25) is 10.6 Å². The van der Waals surface area contributed by atoms with E-state index in [-0.39, 0.29) is 5.91 Å². The molecule has 0 aliphatic carbocycles. The molecule has 106 valence electrons. The molecule has 0 aromatic heterocycles. The first-order chi connectivity index (χ1) is 9.19. The minimum absolute atomic E-state index is 0.0832. The Kier molecular flexibility index (Phi) is 6.92. The summed E-state index contributed by atoms with van der Waals surface area (Å²) in [7, 11) is 0. The molecule has 0 fully saturated rings. The lowest BCUT2D eigenvalue weighted by atomic mass is 10.1. The molecule has 0 bridgehead atoms. The fourth-order valence-electron chi connectivity index (χ4n) is 1.69. The number of aryl methyl sites for hydroxylation is 1. The number of nitrogens with two attached hydrogens (primary N) is 1. The highest BCUT2D eigenvalue weighted by Crippen LogP contribution is 2.13. The number of carbonyl (C=O) groups excluding carboxylic acids is 1. The third kappa shape index (κ3) is 5.28. The van der Waals surface area contributed by atoms with E-state index in [9.17, 15) is 4.79 Å². The zero-order valence-corrected chi connectivity index (χ0v) is 11.7. The fourth-order valence-corrected chi connectivity index (χ4v) is 1.69. The summed E-state index contributed by atoms with van der Waals surface area (Å²) in [6.07, 6.45) is 2.17. The molecule has 0 saturated heterocycles. The van der Waals surface area contributed by atoms with Crippen LogP contribution in [0.2, 0.25) is 0 Å². The predicted octanol–water partition coefficient (Wildman–Crippen LogP) is 1.83. The molecule has 1 aromatic rings. The predicted molar refractivity (Wildman–Crippen MR) is 77.0 cm³/mol. The second-order valence-corrected chi connectivity index (χ2v) is 4.40. The van der Waals surface area contributed by atoms with Crippen molar-refractivity contribution in [1.29, 1.82) is 0 Å². The summed E-state index contributed by atoms with van der Waals surface area (Å²) in [5.74, 6) is 5.23. The van der Waals surface area contributed by atoms with Crippen LogP contribution in [-0.2, 0) is 4.74 Å². The number of ether oxygens (including phenoxy) is 1. The van der Waals surface area contributed by atoms with Gasteiger partial charge in [0.1, 0.15) is 0 Å². The summed E-state index contributed by atoms with van der Waals surface area (Å²) < 4.78 is 5.39. The van der Waals surface area contributed by atoms with Gasteiger partial charge in [0.05, 0.1) is 6.61 Å². The monoisotopic (exact) mass is 265 g/mol. The normalized spacial score (nSPS) is 10.3. The van der Waals surface area contributed by atoms with Crippen LogP contribution in [0, 0.1) is 6.92 Å². The zero-order valence-electron chi connectivity index (χ0n) is 11.7. The van der Waals surface area contributed by atoms with Gasteiger partial charge in [0.15, 0.2) is 0 Å². The average Bonchev–Trinajstić information content (AvgIpc) is 2.42. The smallest absolute Gasteiger partial charge is 0.251 e. The van der Waals surface area contributed by atoms with Crippen LogP contribution < -0.4 is 16.6 Å². The summed E-state index contributed by atoms with van der Waals surface area (Å²) in [5.41, 5.74) is 4.89. The lowest BCUT2D eigenvalue weighted by molar-refractivity contribution is 0.0912. The van der Waals surface area contributed by atoms with Gasteiger partial charge in [0, 0.05) is 24.4 Å². The molecule has 5 heteroatoms. The van der Waals surface area contributed by atoms with Gasteiger partial charge in [-0.1, -0.05) is 13.3 Å². The minimum atomic E-state index is -0.0832. The van der Waals surface area contributed by atoms with Crippen LogP contribution in [0.3, 0.4) is 0 Å². The lowest BCUT2D eigenvalue weighted by Crippen LogP contribution is -2.28. The summed E-state index contributed by atoms with van der Waals surface area (Å²) in [6.45, 7) is 5.83. The third-order valence-corrected chi connectivity index (χ3v) is 2.81. The van der Waals surface area contributed by atoms with Crippen molar-refractivity contribution >= 4 is 11.6 Å². The number of amides is 1. The number of hydrogen-bond acceptors (Lipinski definition) is 4. The van der Waals surface area contributed by atoms with E-state index < -0.39 is 0 Å².